The molecule has 0 aliphatic rings. The molecule has 1 atom stereocenters. The van der Waals surface area contributed by atoms with E-state index in [1.54, 1.807) is 0 Å². The molecule has 0 aromatic carbocycles. The Morgan fingerprint density at radius 1 is 0.256 bits per heavy atom. The summed E-state index contributed by atoms with van der Waals surface area (Å²) in [5.41, 5.74) is 0. The Labute approximate surface area is 505 Å². The molecule has 6 heteroatoms. The molecule has 0 radical (unpaired) electrons. The second-order valence-electron chi connectivity index (χ2n) is 21.6. The van der Waals surface area contributed by atoms with Gasteiger partial charge in [-0.25, -0.2) is 0 Å². The summed E-state index contributed by atoms with van der Waals surface area (Å²) in [6.07, 6.45) is 99.7. The quantitative estimate of drug-likeness (QED) is 0.0261. The zero-order chi connectivity index (χ0) is 59.2. The summed E-state index contributed by atoms with van der Waals surface area (Å²) in [6, 6.07) is 0. The van der Waals surface area contributed by atoms with Crippen molar-refractivity contribution in [3.8, 4) is 0 Å². The van der Waals surface area contributed by atoms with Gasteiger partial charge in [-0.05, 0) is 148 Å². The second-order valence-corrected chi connectivity index (χ2v) is 21.6. The summed E-state index contributed by atoms with van der Waals surface area (Å²) in [5, 5.41) is 0. The number of ether oxygens (including phenoxy) is 3. The summed E-state index contributed by atoms with van der Waals surface area (Å²) in [5.74, 6) is -0.932. The van der Waals surface area contributed by atoms with Crippen molar-refractivity contribution in [2.45, 2.75) is 290 Å². The van der Waals surface area contributed by atoms with Crippen molar-refractivity contribution in [1.82, 2.24) is 0 Å². The lowest BCUT2D eigenvalue weighted by atomic mass is 10.1. The number of esters is 3. The van der Waals surface area contributed by atoms with Crippen LogP contribution in [0.1, 0.15) is 284 Å². The highest BCUT2D eigenvalue weighted by molar-refractivity contribution is 5.71. The Hall–Kier alpha value is -4.97. The van der Waals surface area contributed by atoms with Gasteiger partial charge in [0.05, 0.1) is 0 Å². The monoisotopic (exact) mass is 1130 g/mol. The number of allylic oxidation sites excluding steroid dienone is 26. The third kappa shape index (κ3) is 65.8. The fourth-order valence-electron chi connectivity index (χ4n) is 8.74. The van der Waals surface area contributed by atoms with Crippen LogP contribution in [0.3, 0.4) is 0 Å². The van der Waals surface area contributed by atoms with Gasteiger partial charge < -0.3 is 14.2 Å². The lowest BCUT2D eigenvalue weighted by Gasteiger charge is -2.18. The molecule has 82 heavy (non-hydrogen) atoms. The Morgan fingerprint density at radius 3 is 0.805 bits per heavy atom. The predicted molar refractivity (Wildman–Crippen MR) is 357 cm³/mol. The summed E-state index contributed by atoms with van der Waals surface area (Å²) in [6.45, 7) is 6.41. The minimum Gasteiger partial charge on any atom is -0.462 e. The van der Waals surface area contributed by atoms with Crippen molar-refractivity contribution in [2.24, 2.45) is 0 Å². The lowest BCUT2D eigenvalue weighted by Crippen LogP contribution is -2.30. The van der Waals surface area contributed by atoms with Crippen molar-refractivity contribution in [3.63, 3.8) is 0 Å². The van der Waals surface area contributed by atoms with E-state index in [2.05, 4.69) is 179 Å². The number of carbonyl (C=O) groups is 3. The standard InChI is InChI=1S/C76H122O6/c1-4-7-10-13-16-19-22-24-26-28-30-31-32-33-34-35-36-37-38-39-40-41-42-43-44-45-47-48-50-52-54-57-60-63-66-69-75(78)81-72-73(71-80-74(77)68-65-62-59-56-21-18-15-12-9-6-3)82-76(79)70-67-64-61-58-55-53-51-49-46-29-27-25-23-20-17-14-11-8-5-2/h7,10,12,15-17,19-20,24-27,30-31,33-34,36-37,39-40,42-43,45-47,49,73H,4-6,8-9,11,13-14,18,21-23,28-29,32,35,38,41,44,48,50-72H2,1-3H3/b10-7-,15-12-,19-16-,20-17-,26-24-,27-25-,31-30-,34-33-,37-36-,40-39-,43-42-,47-45-,49-46-. The van der Waals surface area contributed by atoms with Gasteiger partial charge in [0.25, 0.3) is 0 Å². The van der Waals surface area contributed by atoms with Crippen LogP contribution in [0.2, 0.25) is 0 Å². The van der Waals surface area contributed by atoms with E-state index < -0.39 is 6.10 Å². The van der Waals surface area contributed by atoms with E-state index in [0.717, 1.165) is 167 Å². The third-order valence-electron chi connectivity index (χ3n) is 13.7. The van der Waals surface area contributed by atoms with E-state index in [1.165, 1.54) is 77.0 Å². The van der Waals surface area contributed by atoms with Gasteiger partial charge in [-0.3, -0.25) is 14.4 Å². The van der Waals surface area contributed by atoms with Crippen molar-refractivity contribution in [1.29, 1.82) is 0 Å². The Morgan fingerprint density at radius 2 is 0.500 bits per heavy atom. The van der Waals surface area contributed by atoms with Crippen LogP contribution in [-0.4, -0.2) is 37.2 Å². The molecule has 0 amide bonds. The van der Waals surface area contributed by atoms with E-state index in [1.807, 2.05) is 0 Å². The van der Waals surface area contributed by atoms with Crippen LogP contribution in [0.25, 0.3) is 0 Å². The van der Waals surface area contributed by atoms with Crippen LogP contribution < -0.4 is 0 Å². The molecule has 0 aliphatic carbocycles. The first-order valence-electron chi connectivity index (χ1n) is 33.5. The summed E-state index contributed by atoms with van der Waals surface area (Å²) in [7, 11) is 0. The molecule has 6 nitrogen and oxygen atoms in total. The van der Waals surface area contributed by atoms with Crippen LogP contribution in [0.15, 0.2) is 158 Å². The first-order valence-corrected chi connectivity index (χ1v) is 33.5. The van der Waals surface area contributed by atoms with Crippen molar-refractivity contribution in [2.75, 3.05) is 13.2 Å². The second kappa shape index (κ2) is 68.5. The average Bonchev–Trinajstić information content (AvgIpc) is 3.48. The SMILES string of the molecule is CC/C=C\C/C=C\C/C=C\C/C=C\C/C=C\C/C=C\C/C=C\C/C=C\C/C=C\CCCCCCCCCC(=O)OCC(COC(=O)CCCCCCC/C=C\CCC)OC(=O)CCCCCCCC/C=C\C/C=C\C/C=C\CCCCC. The van der Waals surface area contributed by atoms with Crippen LogP contribution >= 0.6 is 0 Å². The minimum absolute atomic E-state index is 0.0960. The molecule has 0 spiro atoms. The van der Waals surface area contributed by atoms with Crippen molar-refractivity contribution >= 4 is 17.9 Å². The molecule has 1 unspecified atom stereocenters. The Bertz CT molecular complexity index is 1830. The molecular weight excluding hydrogens is 1010 g/mol. The van der Waals surface area contributed by atoms with Crippen molar-refractivity contribution in [3.05, 3.63) is 158 Å². The topological polar surface area (TPSA) is 78.9 Å². The highest BCUT2D eigenvalue weighted by atomic mass is 16.6. The van der Waals surface area contributed by atoms with Gasteiger partial charge in [-0.2, -0.15) is 0 Å². The van der Waals surface area contributed by atoms with E-state index in [0.29, 0.717) is 19.3 Å². The highest BCUT2D eigenvalue weighted by Crippen LogP contribution is 2.14. The number of unbranched alkanes of at least 4 members (excludes halogenated alkanes) is 22. The molecule has 0 aliphatic heterocycles. The van der Waals surface area contributed by atoms with Gasteiger partial charge in [-0.15, -0.1) is 0 Å². The van der Waals surface area contributed by atoms with Crippen LogP contribution in [-0.2, 0) is 28.6 Å². The Balaban J connectivity index is 4.27. The summed E-state index contributed by atoms with van der Waals surface area (Å²) >= 11 is 0. The van der Waals surface area contributed by atoms with Crippen LogP contribution in [0.5, 0.6) is 0 Å². The van der Waals surface area contributed by atoms with Gasteiger partial charge in [0, 0.05) is 19.3 Å². The van der Waals surface area contributed by atoms with E-state index in [4.69, 9.17) is 14.2 Å². The van der Waals surface area contributed by atoms with Crippen LogP contribution in [0.4, 0.5) is 0 Å². The molecular formula is C76H122O6. The largest absolute Gasteiger partial charge is 0.462 e. The molecule has 0 fully saturated rings. The molecule has 0 N–H and O–H groups in total. The summed E-state index contributed by atoms with van der Waals surface area (Å²) < 4.78 is 16.9. The molecule has 462 valence electrons. The fourth-order valence-corrected chi connectivity index (χ4v) is 8.74. The van der Waals surface area contributed by atoms with Gasteiger partial charge in [0.2, 0.25) is 0 Å². The molecule has 0 rings (SSSR count). The zero-order valence-corrected chi connectivity index (χ0v) is 52.9. The normalized spacial score (nSPS) is 13.2. The number of hydrogen-bond acceptors (Lipinski definition) is 6. The zero-order valence-electron chi connectivity index (χ0n) is 52.9. The maximum atomic E-state index is 12.9. The van der Waals surface area contributed by atoms with E-state index in [-0.39, 0.29) is 31.1 Å². The first-order chi connectivity index (χ1) is 40.5. The number of hydrogen-bond donors (Lipinski definition) is 0. The highest BCUT2D eigenvalue weighted by Gasteiger charge is 2.19. The number of carbonyl (C=O) groups excluding carboxylic acids is 3. The molecule has 0 bridgehead atoms. The van der Waals surface area contributed by atoms with Crippen LogP contribution in [0, 0.1) is 0 Å². The molecule has 0 saturated heterocycles. The fraction of sp³-hybridized carbons (Fsp3) is 0.618. The summed E-state index contributed by atoms with van der Waals surface area (Å²) in [4.78, 5) is 38.2. The Kier molecular flexibility index (Phi) is 64.4. The van der Waals surface area contributed by atoms with Gasteiger partial charge in [-0.1, -0.05) is 275 Å². The van der Waals surface area contributed by atoms with Gasteiger partial charge >= 0.3 is 17.9 Å². The molecule has 0 aromatic heterocycles. The molecule has 0 heterocycles. The maximum absolute atomic E-state index is 12.9. The van der Waals surface area contributed by atoms with Gasteiger partial charge in [0.1, 0.15) is 13.2 Å². The average molecular weight is 1130 g/mol. The first kappa shape index (κ1) is 77.0. The molecule has 0 aromatic rings. The smallest absolute Gasteiger partial charge is 0.306 e. The lowest BCUT2D eigenvalue weighted by molar-refractivity contribution is -0.167. The molecule has 0 saturated carbocycles. The third-order valence-corrected chi connectivity index (χ3v) is 13.7. The van der Waals surface area contributed by atoms with Crippen molar-refractivity contribution < 1.29 is 28.6 Å². The van der Waals surface area contributed by atoms with Gasteiger partial charge in [0.15, 0.2) is 6.10 Å². The number of rotatable bonds is 59. The maximum Gasteiger partial charge on any atom is 0.306 e. The van der Waals surface area contributed by atoms with E-state index in [9.17, 15) is 14.4 Å². The predicted octanol–water partition coefficient (Wildman–Crippen LogP) is 23.3. The minimum atomic E-state index is -0.800. The van der Waals surface area contributed by atoms with E-state index >= 15 is 0 Å².